The zero-order valence-corrected chi connectivity index (χ0v) is 20.3. The highest BCUT2D eigenvalue weighted by Crippen LogP contribution is 2.32. The van der Waals surface area contributed by atoms with Crippen LogP contribution in [0.1, 0.15) is 25.0 Å². The first-order chi connectivity index (χ1) is 15.7. The van der Waals surface area contributed by atoms with E-state index >= 15 is 0 Å². The number of benzene rings is 2. The zero-order valence-electron chi connectivity index (χ0n) is 18.8. The van der Waals surface area contributed by atoms with Gasteiger partial charge < -0.3 is 10.2 Å². The number of carbonyl (C=O) groups excluding carboxylic acids is 2. The number of halogens is 4. The highest BCUT2D eigenvalue weighted by atomic mass is 35.5. The second kappa shape index (κ2) is 11.1. The van der Waals surface area contributed by atoms with Crippen LogP contribution in [0.25, 0.3) is 0 Å². The summed E-state index contributed by atoms with van der Waals surface area (Å²) in [5, 5.41) is 3.07. The maximum atomic E-state index is 13.3. The third-order valence-corrected chi connectivity index (χ3v) is 6.32. The molecule has 0 aliphatic heterocycles. The molecule has 0 unspecified atom stereocenters. The summed E-state index contributed by atoms with van der Waals surface area (Å²) in [6.45, 7) is 2.65. The van der Waals surface area contributed by atoms with E-state index in [0.29, 0.717) is 27.5 Å². The van der Waals surface area contributed by atoms with Gasteiger partial charge in [-0.25, -0.2) is 8.42 Å². The second-order valence-corrected chi connectivity index (χ2v) is 9.88. The van der Waals surface area contributed by atoms with Gasteiger partial charge in [0.1, 0.15) is 12.6 Å². The van der Waals surface area contributed by atoms with E-state index in [1.54, 1.807) is 31.2 Å². The molecule has 186 valence electrons. The smallest absolute Gasteiger partial charge is 0.355 e. The number of hydrogen-bond acceptors (Lipinski definition) is 4. The van der Waals surface area contributed by atoms with Gasteiger partial charge in [0.2, 0.25) is 21.8 Å². The molecule has 0 saturated carbocycles. The van der Waals surface area contributed by atoms with Crippen LogP contribution in [0.4, 0.5) is 18.9 Å². The van der Waals surface area contributed by atoms with Crippen molar-refractivity contribution in [3.8, 4) is 0 Å². The summed E-state index contributed by atoms with van der Waals surface area (Å²) in [7, 11) is -4.14. The predicted molar refractivity (Wildman–Crippen MR) is 124 cm³/mol. The molecule has 2 aromatic rings. The van der Waals surface area contributed by atoms with E-state index in [1.165, 1.54) is 17.9 Å². The summed E-state index contributed by atoms with van der Waals surface area (Å²) in [5.41, 5.74) is -0.749. The van der Waals surface area contributed by atoms with Gasteiger partial charge in [0.15, 0.2) is 0 Å². The Morgan fingerprint density at radius 2 is 1.74 bits per heavy atom. The van der Waals surface area contributed by atoms with E-state index in [9.17, 15) is 31.2 Å². The molecule has 0 bridgehead atoms. The lowest BCUT2D eigenvalue weighted by Gasteiger charge is -2.31. The van der Waals surface area contributed by atoms with Crippen LogP contribution in [-0.2, 0) is 32.3 Å². The Labute approximate surface area is 201 Å². The normalized spacial score (nSPS) is 12.7. The maximum Gasteiger partial charge on any atom is 0.416 e. The molecule has 0 aliphatic rings. The van der Waals surface area contributed by atoms with Crippen LogP contribution >= 0.6 is 11.6 Å². The van der Waals surface area contributed by atoms with Crippen LogP contribution in [0.15, 0.2) is 48.5 Å². The summed E-state index contributed by atoms with van der Waals surface area (Å²) in [5.74, 6) is -1.23. The van der Waals surface area contributed by atoms with Crippen molar-refractivity contribution in [2.24, 2.45) is 0 Å². The molecule has 34 heavy (non-hydrogen) atoms. The Morgan fingerprint density at radius 1 is 1.12 bits per heavy atom. The van der Waals surface area contributed by atoms with Gasteiger partial charge in [0.25, 0.3) is 0 Å². The van der Waals surface area contributed by atoms with E-state index in [-0.39, 0.29) is 12.2 Å². The third kappa shape index (κ3) is 7.36. The average molecular weight is 520 g/mol. The number of nitrogens with one attached hydrogen (secondary N) is 1. The Kier molecular flexibility index (Phi) is 8.96. The van der Waals surface area contributed by atoms with Crippen molar-refractivity contribution in [3.05, 3.63) is 64.7 Å². The number of rotatable bonds is 9. The molecule has 0 fully saturated rings. The van der Waals surface area contributed by atoms with E-state index < -0.39 is 46.2 Å². The SMILES string of the molecule is CCNC(=O)[C@@H](C)N(Cc1ccc(Cl)cc1)C(=O)CN(c1cccc(C(F)(F)F)c1)S(C)(=O)=O. The summed E-state index contributed by atoms with van der Waals surface area (Å²) < 4.78 is 64.9. The minimum absolute atomic E-state index is 0.0471. The molecule has 0 radical (unpaired) electrons. The van der Waals surface area contributed by atoms with Gasteiger partial charge in [0, 0.05) is 18.1 Å². The van der Waals surface area contributed by atoms with Crippen molar-refractivity contribution < 1.29 is 31.2 Å². The Bertz CT molecular complexity index is 1120. The molecule has 0 heterocycles. The number of likely N-dealkylation sites (N-methyl/N-ethyl adjacent to an activating group) is 1. The largest absolute Gasteiger partial charge is 0.416 e. The number of anilines is 1. The van der Waals surface area contributed by atoms with Crippen molar-refractivity contribution >= 4 is 39.1 Å². The van der Waals surface area contributed by atoms with Crippen LogP contribution in [0.2, 0.25) is 5.02 Å². The fourth-order valence-corrected chi connectivity index (χ4v) is 4.11. The topological polar surface area (TPSA) is 86.8 Å². The molecule has 12 heteroatoms. The molecule has 1 N–H and O–H groups in total. The van der Waals surface area contributed by atoms with E-state index in [1.807, 2.05) is 0 Å². The van der Waals surface area contributed by atoms with Gasteiger partial charge in [-0.2, -0.15) is 13.2 Å². The fraction of sp³-hybridized carbons (Fsp3) is 0.364. The standard InChI is InChI=1S/C22H25ClF3N3O4S/c1-4-27-21(31)15(2)28(13-16-8-10-18(23)11-9-16)20(30)14-29(34(3,32)33)19-7-5-6-17(12-19)22(24,25)26/h5-12,15H,4,13-14H2,1-3H3,(H,27,31)/t15-/m1/s1. The first kappa shape index (κ1) is 27.5. The van der Waals surface area contributed by atoms with E-state index in [2.05, 4.69) is 5.32 Å². The van der Waals surface area contributed by atoms with E-state index in [0.717, 1.165) is 18.4 Å². The molecular formula is C22H25ClF3N3O4S. The van der Waals surface area contributed by atoms with Gasteiger partial charge in [-0.1, -0.05) is 29.8 Å². The van der Waals surface area contributed by atoms with Crippen molar-refractivity contribution in [3.63, 3.8) is 0 Å². The quantitative estimate of drug-likeness (QED) is 0.547. The van der Waals surface area contributed by atoms with Crippen molar-refractivity contribution in [1.29, 1.82) is 0 Å². The summed E-state index contributed by atoms with van der Waals surface area (Å²) >= 11 is 5.90. The summed E-state index contributed by atoms with van der Waals surface area (Å²) in [6, 6.07) is 9.20. The van der Waals surface area contributed by atoms with E-state index in [4.69, 9.17) is 11.6 Å². The minimum Gasteiger partial charge on any atom is -0.355 e. The Hall–Kier alpha value is -2.79. The summed E-state index contributed by atoms with van der Waals surface area (Å²) in [6.07, 6.45) is -3.91. The maximum absolute atomic E-state index is 13.3. The molecule has 0 aliphatic carbocycles. The lowest BCUT2D eigenvalue weighted by molar-refractivity contribution is -0.139. The second-order valence-electron chi connectivity index (χ2n) is 7.54. The van der Waals surface area contributed by atoms with Crippen molar-refractivity contribution in [2.75, 3.05) is 23.7 Å². The van der Waals surface area contributed by atoms with Crippen LogP contribution < -0.4 is 9.62 Å². The monoisotopic (exact) mass is 519 g/mol. The third-order valence-electron chi connectivity index (χ3n) is 4.93. The number of hydrogen-bond donors (Lipinski definition) is 1. The number of alkyl halides is 3. The number of amides is 2. The molecule has 2 amide bonds. The predicted octanol–water partition coefficient (Wildman–Crippen LogP) is 3.68. The van der Waals surface area contributed by atoms with Gasteiger partial charge in [0.05, 0.1) is 17.5 Å². The highest BCUT2D eigenvalue weighted by molar-refractivity contribution is 7.92. The molecule has 1 atom stereocenters. The van der Waals surface area contributed by atoms with Crippen LogP contribution in [0, 0.1) is 0 Å². The number of sulfonamides is 1. The Morgan fingerprint density at radius 3 is 2.26 bits per heavy atom. The Balaban J connectivity index is 2.42. The molecule has 0 saturated heterocycles. The first-order valence-electron chi connectivity index (χ1n) is 10.2. The van der Waals surface area contributed by atoms with Gasteiger partial charge >= 0.3 is 6.18 Å². The number of carbonyl (C=O) groups is 2. The van der Waals surface area contributed by atoms with Gasteiger partial charge in [-0.15, -0.1) is 0 Å². The van der Waals surface area contributed by atoms with Crippen LogP contribution in [0.5, 0.6) is 0 Å². The van der Waals surface area contributed by atoms with Crippen molar-refractivity contribution in [1.82, 2.24) is 10.2 Å². The minimum atomic E-state index is -4.70. The number of nitrogens with zero attached hydrogens (tertiary/aromatic N) is 2. The molecule has 2 rings (SSSR count). The lowest BCUT2D eigenvalue weighted by atomic mass is 10.1. The molecule has 2 aromatic carbocycles. The van der Waals surface area contributed by atoms with Crippen LogP contribution in [0.3, 0.4) is 0 Å². The highest BCUT2D eigenvalue weighted by Gasteiger charge is 2.33. The van der Waals surface area contributed by atoms with Crippen LogP contribution in [-0.4, -0.2) is 50.5 Å². The lowest BCUT2D eigenvalue weighted by Crippen LogP contribution is -2.51. The average Bonchev–Trinajstić information content (AvgIpc) is 2.75. The molecule has 7 nitrogen and oxygen atoms in total. The molecular weight excluding hydrogens is 495 g/mol. The summed E-state index contributed by atoms with van der Waals surface area (Å²) in [4.78, 5) is 26.9. The zero-order chi connectivity index (χ0) is 25.7. The van der Waals surface area contributed by atoms with Gasteiger partial charge in [-0.05, 0) is 49.7 Å². The van der Waals surface area contributed by atoms with Gasteiger partial charge in [-0.3, -0.25) is 13.9 Å². The first-order valence-corrected chi connectivity index (χ1v) is 12.4. The molecule has 0 aromatic heterocycles. The molecule has 0 spiro atoms. The fourth-order valence-electron chi connectivity index (χ4n) is 3.14. The van der Waals surface area contributed by atoms with Crippen molar-refractivity contribution in [2.45, 2.75) is 32.6 Å².